The summed E-state index contributed by atoms with van der Waals surface area (Å²) < 4.78 is 28.8. The first-order chi connectivity index (χ1) is 9.47. The lowest BCUT2D eigenvalue weighted by Gasteiger charge is -2.23. The van der Waals surface area contributed by atoms with Crippen molar-refractivity contribution in [3.8, 4) is 0 Å². The van der Waals surface area contributed by atoms with Gasteiger partial charge in [0.1, 0.15) is 0 Å². The van der Waals surface area contributed by atoms with Gasteiger partial charge in [-0.05, 0) is 6.42 Å². The van der Waals surface area contributed by atoms with Gasteiger partial charge in [0.2, 0.25) is 5.91 Å². The number of nitrogen functional groups attached to an aromatic ring is 1. The predicted octanol–water partition coefficient (Wildman–Crippen LogP) is -0.465. The fourth-order valence-corrected chi connectivity index (χ4v) is 4.42. The zero-order chi connectivity index (χ0) is 14.3. The van der Waals surface area contributed by atoms with Crippen LogP contribution in [0.5, 0.6) is 0 Å². The van der Waals surface area contributed by atoms with Crippen molar-refractivity contribution in [2.24, 2.45) is 0 Å². The van der Waals surface area contributed by atoms with E-state index in [0.29, 0.717) is 17.8 Å². The second-order valence-corrected chi connectivity index (χ2v) is 7.02. The van der Waals surface area contributed by atoms with Gasteiger partial charge >= 0.3 is 0 Å². The lowest BCUT2D eigenvalue weighted by molar-refractivity contribution is -0.122. The van der Waals surface area contributed by atoms with Crippen LogP contribution in [0.3, 0.4) is 0 Å². The van der Waals surface area contributed by atoms with Crippen molar-refractivity contribution in [1.82, 2.24) is 19.4 Å². The summed E-state index contributed by atoms with van der Waals surface area (Å²) in [6.07, 6.45) is 2.39. The summed E-state index contributed by atoms with van der Waals surface area (Å²) in [6, 6.07) is -0.332. The van der Waals surface area contributed by atoms with E-state index in [2.05, 4.69) is 15.0 Å². The van der Waals surface area contributed by atoms with Gasteiger partial charge in [0, 0.05) is 30.6 Å². The molecule has 2 aromatic heterocycles. The third kappa shape index (κ3) is 2.25. The fraction of sp³-hybridized carbons (Fsp3) is 0.400. The number of imidazole rings is 1. The van der Waals surface area contributed by atoms with Gasteiger partial charge in [0.05, 0.1) is 0 Å². The molecule has 1 aliphatic rings. The van der Waals surface area contributed by atoms with Crippen molar-refractivity contribution in [2.45, 2.75) is 23.9 Å². The van der Waals surface area contributed by atoms with Gasteiger partial charge < -0.3 is 11.1 Å². The van der Waals surface area contributed by atoms with Gasteiger partial charge in [-0.15, -0.1) is 11.3 Å². The van der Waals surface area contributed by atoms with Gasteiger partial charge in [0.25, 0.3) is 10.0 Å². The first-order valence-corrected chi connectivity index (χ1v) is 8.34. The number of anilines is 1. The maximum absolute atomic E-state index is 12.4. The van der Waals surface area contributed by atoms with Crippen LogP contribution in [-0.2, 0) is 14.8 Å². The molecule has 0 bridgehead atoms. The average Bonchev–Trinajstić information content (AvgIpc) is 2.91. The number of piperidine rings is 1. The molecule has 8 nitrogen and oxygen atoms in total. The zero-order valence-corrected chi connectivity index (χ0v) is 12.0. The molecule has 1 amide bonds. The number of carbonyl (C=O) groups is 1. The Kier molecular flexibility index (Phi) is 3.15. The van der Waals surface area contributed by atoms with E-state index in [-0.39, 0.29) is 29.3 Å². The molecule has 3 rings (SSSR count). The van der Waals surface area contributed by atoms with Crippen molar-refractivity contribution in [1.29, 1.82) is 0 Å². The maximum atomic E-state index is 12.4. The van der Waals surface area contributed by atoms with E-state index in [0.717, 1.165) is 0 Å². The minimum atomic E-state index is -3.78. The Bertz CT molecular complexity index is 753. The Balaban J connectivity index is 1.90. The van der Waals surface area contributed by atoms with Crippen LogP contribution >= 0.6 is 11.3 Å². The molecule has 0 saturated carbocycles. The van der Waals surface area contributed by atoms with Crippen LogP contribution in [0.15, 0.2) is 16.6 Å². The summed E-state index contributed by atoms with van der Waals surface area (Å²) in [7, 11) is -3.78. The molecule has 0 spiro atoms. The highest BCUT2D eigenvalue weighted by Gasteiger charge is 2.29. The van der Waals surface area contributed by atoms with Crippen molar-refractivity contribution in [2.75, 3.05) is 12.3 Å². The van der Waals surface area contributed by atoms with E-state index < -0.39 is 10.0 Å². The SMILES string of the molecule is Nc1nc2sccn2c1S(=O)(=O)NC1CCC(=O)NC1. The molecule has 1 atom stereocenters. The summed E-state index contributed by atoms with van der Waals surface area (Å²) in [5, 5.41) is 4.32. The number of thiazole rings is 1. The standard InChI is InChI=1S/C10H13N5O3S2/c11-8-9(15-3-4-19-10(15)13-8)20(17,18)14-6-1-2-7(16)12-5-6/h3-4,6,14H,1-2,5,11H2,(H,12,16). The molecule has 3 heterocycles. The highest BCUT2D eigenvalue weighted by molar-refractivity contribution is 7.89. The first kappa shape index (κ1) is 13.3. The van der Waals surface area contributed by atoms with Crippen molar-refractivity contribution < 1.29 is 13.2 Å². The van der Waals surface area contributed by atoms with Gasteiger partial charge in [-0.2, -0.15) is 0 Å². The quantitative estimate of drug-likeness (QED) is 0.708. The molecule has 0 aliphatic carbocycles. The number of amides is 1. The minimum Gasteiger partial charge on any atom is -0.381 e. The average molecular weight is 315 g/mol. The molecule has 10 heteroatoms. The number of nitrogens with zero attached hydrogens (tertiary/aromatic N) is 2. The molecule has 20 heavy (non-hydrogen) atoms. The topological polar surface area (TPSA) is 119 Å². The minimum absolute atomic E-state index is 0.0239. The number of sulfonamides is 1. The molecular formula is C10H13N5O3S2. The van der Waals surface area contributed by atoms with Crippen molar-refractivity contribution in [3.05, 3.63) is 11.6 Å². The van der Waals surface area contributed by atoms with Crippen LogP contribution < -0.4 is 15.8 Å². The van der Waals surface area contributed by atoms with E-state index in [9.17, 15) is 13.2 Å². The summed E-state index contributed by atoms with van der Waals surface area (Å²) in [4.78, 5) is 15.6. The Morgan fingerprint density at radius 3 is 3.05 bits per heavy atom. The zero-order valence-electron chi connectivity index (χ0n) is 10.4. The molecular weight excluding hydrogens is 302 g/mol. The molecule has 1 fully saturated rings. The van der Waals surface area contributed by atoms with Crippen LogP contribution in [0.4, 0.5) is 5.82 Å². The van der Waals surface area contributed by atoms with Crippen molar-refractivity contribution >= 4 is 38.0 Å². The Labute approximate surface area is 119 Å². The molecule has 4 N–H and O–H groups in total. The smallest absolute Gasteiger partial charge is 0.260 e. The van der Waals surface area contributed by atoms with Crippen LogP contribution in [-0.4, -0.2) is 36.3 Å². The number of fused-ring (bicyclic) bond motifs is 1. The van der Waals surface area contributed by atoms with Crippen LogP contribution in [0, 0.1) is 0 Å². The fourth-order valence-electron chi connectivity index (χ4n) is 2.16. The number of nitrogens with two attached hydrogens (primary N) is 1. The molecule has 108 valence electrons. The lowest BCUT2D eigenvalue weighted by Crippen LogP contribution is -2.47. The number of hydrogen-bond acceptors (Lipinski definition) is 6. The second kappa shape index (κ2) is 4.72. The summed E-state index contributed by atoms with van der Waals surface area (Å²) >= 11 is 1.31. The summed E-state index contributed by atoms with van der Waals surface area (Å²) in [5.41, 5.74) is 5.70. The normalized spacial score (nSPS) is 20.2. The highest BCUT2D eigenvalue weighted by atomic mass is 32.2. The molecule has 0 aromatic carbocycles. The van der Waals surface area contributed by atoms with E-state index in [1.54, 1.807) is 11.6 Å². The third-order valence-corrected chi connectivity index (χ3v) is 5.40. The molecule has 2 aromatic rings. The van der Waals surface area contributed by atoms with E-state index in [4.69, 9.17) is 5.73 Å². The largest absolute Gasteiger partial charge is 0.381 e. The van der Waals surface area contributed by atoms with Gasteiger partial charge in [-0.25, -0.2) is 18.1 Å². The van der Waals surface area contributed by atoms with Gasteiger partial charge in [0.15, 0.2) is 15.8 Å². The molecule has 1 unspecified atom stereocenters. The Morgan fingerprint density at radius 1 is 1.55 bits per heavy atom. The number of aromatic nitrogens is 2. The highest BCUT2D eigenvalue weighted by Crippen LogP contribution is 2.23. The number of nitrogens with one attached hydrogen (secondary N) is 2. The summed E-state index contributed by atoms with van der Waals surface area (Å²) in [6.45, 7) is 0.281. The van der Waals surface area contributed by atoms with Crippen LogP contribution in [0.2, 0.25) is 0 Å². The lowest BCUT2D eigenvalue weighted by atomic mass is 10.1. The van der Waals surface area contributed by atoms with Crippen LogP contribution in [0.25, 0.3) is 4.96 Å². The van der Waals surface area contributed by atoms with Crippen molar-refractivity contribution in [3.63, 3.8) is 0 Å². The molecule has 1 aliphatic heterocycles. The second-order valence-electron chi connectivity index (χ2n) is 4.52. The number of hydrogen-bond donors (Lipinski definition) is 3. The third-order valence-electron chi connectivity index (χ3n) is 3.09. The van der Waals surface area contributed by atoms with E-state index in [1.165, 1.54) is 15.7 Å². The first-order valence-electron chi connectivity index (χ1n) is 5.97. The van der Waals surface area contributed by atoms with E-state index >= 15 is 0 Å². The van der Waals surface area contributed by atoms with E-state index in [1.807, 2.05) is 0 Å². The Hall–Kier alpha value is -1.65. The molecule has 1 saturated heterocycles. The van der Waals surface area contributed by atoms with Gasteiger partial charge in [-0.1, -0.05) is 0 Å². The maximum Gasteiger partial charge on any atom is 0.260 e. The predicted molar refractivity (Wildman–Crippen MR) is 73.8 cm³/mol. The van der Waals surface area contributed by atoms with Crippen LogP contribution in [0.1, 0.15) is 12.8 Å². The van der Waals surface area contributed by atoms with Gasteiger partial charge in [-0.3, -0.25) is 9.20 Å². The summed E-state index contributed by atoms with van der Waals surface area (Å²) in [5.74, 6) is -0.0891. The monoisotopic (exact) mass is 315 g/mol. The molecule has 0 radical (unpaired) electrons. The number of carbonyl (C=O) groups excluding carboxylic acids is 1. The Morgan fingerprint density at radius 2 is 2.35 bits per heavy atom. The number of rotatable bonds is 3.